The molecule has 250 valence electrons. The molecule has 5 heteroatoms. The van der Waals surface area contributed by atoms with Crippen LogP contribution in [0.25, 0.3) is 0 Å². The molecular formula is C39H68O3Si2. The van der Waals surface area contributed by atoms with E-state index in [4.69, 9.17) is 8.85 Å². The van der Waals surface area contributed by atoms with E-state index in [1.807, 2.05) is 0 Å². The number of hydrogen-bond donors (Lipinski definition) is 1. The van der Waals surface area contributed by atoms with Crippen LogP contribution in [0.1, 0.15) is 113 Å². The van der Waals surface area contributed by atoms with E-state index in [0.29, 0.717) is 29.1 Å². The topological polar surface area (TPSA) is 38.7 Å². The molecule has 4 saturated carbocycles. The highest BCUT2D eigenvalue weighted by atomic mass is 28.4. The number of hydrogen-bond acceptors (Lipinski definition) is 3. The van der Waals surface area contributed by atoms with Crippen LogP contribution in [0.5, 0.6) is 0 Å². The normalized spacial score (nSPS) is 34.2. The van der Waals surface area contributed by atoms with Gasteiger partial charge in [-0.1, -0.05) is 91.8 Å². The zero-order valence-corrected chi connectivity index (χ0v) is 32.7. The number of allylic oxidation sites excluding steroid dienone is 4. The molecular weight excluding hydrogens is 573 g/mol. The third-order valence-corrected chi connectivity index (χ3v) is 22.1. The molecule has 0 bridgehead atoms. The Morgan fingerprint density at radius 1 is 0.909 bits per heavy atom. The van der Waals surface area contributed by atoms with Crippen LogP contribution in [0.15, 0.2) is 47.6 Å². The van der Waals surface area contributed by atoms with Gasteiger partial charge in [-0.2, -0.15) is 0 Å². The number of fused-ring (bicyclic) bond motifs is 1. The highest BCUT2D eigenvalue weighted by molar-refractivity contribution is 6.74. The fourth-order valence-corrected chi connectivity index (χ4v) is 10.6. The zero-order chi connectivity index (χ0) is 32.9. The Morgan fingerprint density at radius 2 is 1.52 bits per heavy atom. The van der Waals surface area contributed by atoms with Crippen molar-refractivity contribution in [2.45, 2.75) is 168 Å². The maximum absolute atomic E-state index is 10.5. The molecule has 4 aliphatic carbocycles. The second-order valence-corrected chi connectivity index (χ2v) is 27.9. The van der Waals surface area contributed by atoms with Crippen molar-refractivity contribution >= 4 is 16.6 Å². The van der Waals surface area contributed by atoms with Crippen LogP contribution >= 0.6 is 0 Å². The molecule has 4 fully saturated rings. The average Bonchev–Trinajstić information content (AvgIpc) is 3.68. The summed E-state index contributed by atoms with van der Waals surface area (Å²) < 4.78 is 14.2. The van der Waals surface area contributed by atoms with E-state index in [1.54, 1.807) is 5.57 Å². The van der Waals surface area contributed by atoms with Gasteiger partial charge in [0.05, 0.1) is 18.3 Å². The van der Waals surface area contributed by atoms with Gasteiger partial charge in [-0.15, -0.1) is 0 Å². The first-order valence-corrected chi connectivity index (χ1v) is 23.8. The highest BCUT2D eigenvalue weighted by Gasteiger charge is 2.50. The first-order valence-electron chi connectivity index (χ1n) is 18.0. The molecule has 0 aliphatic heterocycles. The quantitative estimate of drug-likeness (QED) is 0.201. The van der Waals surface area contributed by atoms with E-state index in [9.17, 15) is 5.11 Å². The largest absolute Gasteiger partial charge is 0.413 e. The first-order chi connectivity index (χ1) is 20.2. The first kappa shape index (κ1) is 36.1. The van der Waals surface area contributed by atoms with E-state index >= 15 is 0 Å². The Balaban J connectivity index is 1.57. The van der Waals surface area contributed by atoms with Crippen molar-refractivity contribution < 1.29 is 14.0 Å². The summed E-state index contributed by atoms with van der Waals surface area (Å²) in [4.78, 5) is 0. The smallest absolute Gasteiger partial charge is 0.192 e. The van der Waals surface area contributed by atoms with Crippen LogP contribution in [-0.4, -0.2) is 40.1 Å². The summed E-state index contributed by atoms with van der Waals surface area (Å²) in [7, 11) is -3.90. The fraction of sp³-hybridized carbons (Fsp3) is 0.795. The molecule has 4 rings (SSSR count). The van der Waals surface area contributed by atoms with Gasteiger partial charge >= 0.3 is 0 Å². The summed E-state index contributed by atoms with van der Waals surface area (Å²) in [5.41, 5.74) is 4.49. The lowest BCUT2D eigenvalue weighted by molar-refractivity contribution is 0.0969. The second-order valence-electron chi connectivity index (χ2n) is 18.4. The predicted octanol–water partition coefficient (Wildman–Crippen LogP) is 11.1. The minimum absolute atomic E-state index is 0.0233. The lowest BCUT2D eigenvalue weighted by Crippen LogP contribution is -2.49. The van der Waals surface area contributed by atoms with Gasteiger partial charge < -0.3 is 14.0 Å². The van der Waals surface area contributed by atoms with Crippen LogP contribution in [-0.2, 0) is 8.85 Å². The Morgan fingerprint density at radius 3 is 2.11 bits per heavy atom. The van der Waals surface area contributed by atoms with E-state index < -0.39 is 16.6 Å². The number of rotatable bonds is 9. The zero-order valence-electron chi connectivity index (χ0n) is 30.7. The third-order valence-electron chi connectivity index (χ3n) is 13.1. The maximum atomic E-state index is 10.5. The van der Waals surface area contributed by atoms with Gasteiger partial charge in [0.1, 0.15) is 0 Å². The molecule has 0 spiro atoms. The van der Waals surface area contributed by atoms with Gasteiger partial charge in [0.25, 0.3) is 0 Å². The lowest BCUT2D eigenvalue weighted by Gasteiger charge is -2.45. The SMILES string of the molecule is C=C1/C(=C/C=C2/CCC[C@]3(C)[C@@H]([C@H](C)C=C[C@H](O)C4CC4)CC[C@@H]23)C[C@@H](O[Si](C)(C)C(C)(C)C)C[C@@H]1O[Si](C)(C)C(C)(C)C. The van der Waals surface area contributed by atoms with Crippen molar-refractivity contribution in [2.24, 2.45) is 29.1 Å². The number of aliphatic hydroxyl groups is 1. The van der Waals surface area contributed by atoms with Crippen molar-refractivity contribution in [1.82, 2.24) is 0 Å². The Kier molecular flexibility index (Phi) is 10.7. The number of aliphatic hydroxyl groups excluding tert-OH is 1. The maximum Gasteiger partial charge on any atom is 0.192 e. The summed E-state index contributed by atoms with van der Waals surface area (Å²) in [5, 5.41) is 10.8. The van der Waals surface area contributed by atoms with Crippen molar-refractivity contribution in [2.75, 3.05) is 0 Å². The van der Waals surface area contributed by atoms with Gasteiger partial charge in [0.15, 0.2) is 16.6 Å². The highest BCUT2D eigenvalue weighted by Crippen LogP contribution is 2.59. The standard InChI is InChI=1S/C39H68O3Si2/c1-27(16-23-35(40)30-18-19-30)33-21-22-34-29(15-14-24-39(33,34)9)17-20-31-25-32(41-43(10,11)37(3,4)5)26-36(28(31)2)42-44(12,13)38(6,7)8/h16-17,20,23,27,30,32-36,40H,2,14-15,18-19,21-22,24-26H2,1,3-13H3/b23-16?,29-17-,31-20+/t27-,32-,33-,34+,35+,36+,39-/m1/s1. The predicted molar refractivity (Wildman–Crippen MR) is 194 cm³/mol. The van der Waals surface area contributed by atoms with Gasteiger partial charge in [-0.05, 0) is 128 Å². The van der Waals surface area contributed by atoms with Crippen LogP contribution < -0.4 is 0 Å². The third kappa shape index (κ3) is 7.86. The Hall–Kier alpha value is -0.726. The summed E-state index contributed by atoms with van der Waals surface area (Å²) in [6, 6.07) is 0. The van der Waals surface area contributed by atoms with Crippen LogP contribution in [0.2, 0.25) is 36.3 Å². The molecule has 0 amide bonds. The van der Waals surface area contributed by atoms with Crippen molar-refractivity contribution in [3.63, 3.8) is 0 Å². The summed E-state index contributed by atoms with van der Waals surface area (Å²) in [6.45, 7) is 33.2. The van der Waals surface area contributed by atoms with Crippen LogP contribution in [0.4, 0.5) is 0 Å². The van der Waals surface area contributed by atoms with Crippen LogP contribution in [0.3, 0.4) is 0 Å². The Bertz CT molecular complexity index is 1130. The Labute approximate surface area is 274 Å². The molecule has 0 aromatic heterocycles. The average molecular weight is 641 g/mol. The van der Waals surface area contributed by atoms with Gasteiger partial charge in [-0.3, -0.25) is 0 Å². The molecule has 0 aromatic carbocycles. The fourth-order valence-electron chi connectivity index (χ4n) is 7.93. The summed E-state index contributed by atoms with van der Waals surface area (Å²) in [6.07, 6.45) is 19.9. The molecule has 4 aliphatic rings. The second kappa shape index (κ2) is 13.1. The van der Waals surface area contributed by atoms with Gasteiger partial charge in [0.2, 0.25) is 0 Å². The van der Waals surface area contributed by atoms with Crippen molar-refractivity contribution in [3.05, 3.63) is 47.6 Å². The van der Waals surface area contributed by atoms with Crippen LogP contribution in [0, 0.1) is 29.1 Å². The summed E-state index contributed by atoms with van der Waals surface area (Å²) >= 11 is 0. The van der Waals surface area contributed by atoms with Crippen molar-refractivity contribution in [1.29, 1.82) is 0 Å². The molecule has 0 unspecified atom stereocenters. The van der Waals surface area contributed by atoms with E-state index in [0.717, 1.165) is 12.8 Å². The van der Waals surface area contributed by atoms with Gasteiger partial charge in [-0.25, -0.2) is 0 Å². The molecule has 44 heavy (non-hydrogen) atoms. The lowest BCUT2D eigenvalue weighted by atomic mass is 9.61. The van der Waals surface area contributed by atoms with E-state index in [2.05, 4.69) is 112 Å². The molecule has 0 saturated heterocycles. The summed E-state index contributed by atoms with van der Waals surface area (Å²) in [5.74, 6) is 2.35. The molecule has 1 N–H and O–H groups in total. The minimum atomic E-state index is -1.98. The van der Waals surface area contributed by atoms with E-state index in [-0.39, 0.29) is 28.4 Å². The molecule has 0 aromatic rings. The van der Waals surface area contributed by atoms with Gasteiger partial charge in [0, 0.05) is 6.42 Å². The molecule has 0 heterocycles. The minimum Gasteiger partial charge on any atom is -0.413 e. The molecule has 0 radical (unpaired) electrons. The molecule has 3 nitrogen and oxygen atoms in total. The molecule has 7 atom stereocenters. The monoisotopic (exact) mass is 640 g/mol. The van der Waals surface area contributed by atoms with E-state index in [1.165, 1.54) is 56.1 Å². The van der Waals surface area contributed by atoms with Crippen molar-refractivity contribution in [3.8, 4) is 0 Å².